The van der Waals surface area contributed by atoms with E-state index in [1.165, 1.54) is 6.92 Å². The smallest absolute Gasteiger partial charge is 0.171 e. The predicted molar refractivity (Wildman–Crippen MR) is 77.4 cm³/mol. The Morgan fingerprint density at radius 3 is 2.36 bits per heavy atom. The molecule has 2 aliphatic rings. The highest BCUT2D eigenvalue weighted by molar-refractivity contribution is 5.45. The lowest BCUT2D eigenvalue weighted by Gasteiger charge is -2.36. The largest absolute Gasteiger partial charge is 0.376 e. The van der Waals surface area contributed by atoms with Gasteiger partial charge in [0.1, 0.15) is 23.4 Å². The van der Waals surface area contributed by atoms with Crippen LogP contribution < -0.4 is 10.6 Å². The van der Waals surface area contributed by atoms with Gasteiger partial charge in [0.2, 0.25) is 0 Å². The Morgan fingerprint density at radius 2 is 1.86 bits per heavy atom. The van der Waals surface area contributed by atoms with Crippen molar-refractivity contribution >= 4 is 0 Å². The number of hydrogen-bond acceptors (Lipinski definition) is 4. The fourth-order valence-electron chi connectivity index (χ4n) is 3.18. The number of nitrogens with one attached hydrogen (secondary N) is 2. The lowest BCUT2D eigenvalue weighted by molar-refractivity contribution is 0.000410. The van der Waals surface area contributed by atoms with Gasteiger partial charge in [-0.1, -0.05) is 18.2 Å². The number of aliphatic hydroxyl groups is 2. The average Bonchev–Trinajstić information content (AvgIpc) is 2.69. The first-order valence-electron chi connectivity index (χ1n) is 7.15. The van der Waals surface area contributed by atoms with E-state index < -0.39 is 29.3 Å². The van der Waals surface area contributed by atoms with E-state index in [0.717, 1.165) is 31.0 Å². The molecule has 22 heavy (non-hydrogen) atoms. The van der Waals surface area contributed by atoms with E-state index in [1.807, 2.05) is 12.2 Å². The predicted octanol–water partition coefficient (Wildman–Crippen LogP) is 1.61. The quantitative estimate of drug-likeness (QED) is 0.670. The lowest BCUT2D eigenvalue weighted by Crippen LogP contribution is -2.51. The van der Waals surface area contributed by atoms with Crippen LogP contribution in [0.2, 0.25) is 0 Å². The highest BCUT2D eigenvalue weighted by Crippen LogP contribution is 2.40. The Hall–Kier alpha value is -1.60. The molecule has 1 heterocycles. The minimum Gasteiger partial charge on any atom is -0.376 e. The van der Waals surface area contributed by atoms with Gasteiger partial charge in [0.25, 0.3) is 0 Å². The molecule has 0 saturated carbocycles. The number of hydrogen-bond donors (Lipinski definition) is 4. The third-order valence-corrected chi connectivity index (χ3v) is 4.04. The molecule has 3 rings (SSSR count). The fraction of sp³-hybridized carbons (Fsp3) is 0.375. The van der Waals surface area contributed by atoms with Crippen molar-refractivity contribution < 1.29 is 19.0 Å². The van der Waals surface area contributed by atoms with Crippen LogP contribution in [0.1, 0.15) is 25.3 Å². The Labute approximate surface area is 127 Å². The molecule has 4 nitrogen and oxygen atoms in total. The maximum Gasteiger partial charge on any atom is 0.171 e. The van der Waals surface area contributed by atoms with Gasteiger partial charge in [0, 0.05) is 6.07 Å². The number of aliphatic hydroxyl groups excluding tert-OH is 1. The van der Waals surface area contributed by atoms with Crippen LogP contribution >= 0.6 is 0 Å². The van der Waals surface area contributed by atoms with Gasteiger partial charge in [-0.05, 0) is 43.0 Å². The van der Waals surface area contributed by atoms with Gasteiger partial charge < -0.3 is 10.2 Å². The Balaban J connectivity index is 2.19. The summed E-state index contributed by atoms with van der Waals surface area (Å²) in [7, 11) is 0. The van der Waals surface area contributed by atoms with Gasteiger partial charge in [-0.15, -0.1) is 0 Å². The molecular weight excluding hydrogens is 290 g/mol. The summed E-state index contributed by atoms with van der Waals surface area (Å²) in [5.74, 6) is -3.06. The molecule has 118 valence electrons. The maximum atomic E-state index is 13.7. The molecule has 1 aliphatic heterocycles. The van der Waals surface area contributed by atoms with Crippen LogP contribution in [-0.4, -0.2) is 22.3 Å². The zero-order valence-electron chi connectivity index (χ0n) is 12.1. The Bertz CT molecular complexity index is 637. The van der Waals surface area contributed by atoms with Gasteiger partial charge in [-0.3, -0.25) is 5.32 Å². The third-order valence-electron chi connectivity index (χ3n) is 4.04. The Kier molecular flexibility index (Phi) is 3.65. The molecule has 6 heteroatoms. The lowest BCUT2D eigenvalue weighted by atomic mass is 9.79. The van der Waals surface area contributed by atoms with Crippen molar-refractivity contribution in [2.24, 2.45) is 0 Å². The van der Waals surface area contributed by atoms with E-state index in [4.69, 9.17) is 0 Å². The molecule has 0 aromatic heterocycles. The van der Waals surface area contributed by atoms with E-state index in [0.29, 0.717) is 5.57 Å². The number of halogens is 2. The van der Waals surface area contributed by atoms with E-state index in [2.05, 4.69) is 10.6 Å². The molecular formula is C16H18F2N2O2. The van der Waals surface area contributed by atoms with E-state index in [-0.39, 0.29) is 5.56 Å². The van der Waals surface area contributed by atoms with Crippen molar-refractivity contribution in [1.29, 1.82) is 0 Å². The monoisotopic (exact) mass is 308 g/mol. The molecule has 3 unspecified atom stereocenters. The summed E-state index contributed by atoms with van der Waals surface area (Å²) in [5, 5.41) is 26.2. The minimum atomic E-state index is -1.58. The molecule has 0 amide bonds. The molecule has 1 saturated heterocycles. The van der Waals surface area contributed by atoms with Crippen molar-refractivity contribution in [3.63, 3.8) is 0 Å². The second-order valence-corrected chi connectivity index (χ2v) is 5.85. The first-order valence-corrected chi connectivity index (χ1v) is 7.15. The average molecular weight is 308 g/mol. The van der Waals surface area contributed by atoms with Gasteiger partial charge in [0.15, 0.2) is 5.85 Å². The van der Waals surface area contributed by atoms with Crippen molar-refractivity contribution in [3.05, 3.63) is 59.2 Å². The number of benzene rings is 1. The second kappa shape index (κ2) is 5.24. The second-order valence-electron chi connectivity index (χ2n) is 5.85. The summed E-state index contributed by atoms with van der Waals surface area (Å²) in [4.78, 5) is 0. The van der Waals surface area contributed by atoms with E-state index in [9.17, 15) is 19.0 Å². The molecule has 1 aliphatic carbocycles. The SMILES string of the molecule is CC1(O)NC(O)C(C2=CCCC=C2)(c2cc(F)cc(F)c2)N1. The van der Waals surface area contributed by atoms with E-state index in [1.54, 1.807) is 6.08 Å². The van der Waals surface area contributed by atoms with Gasteiger partial charge in [-0.2, -0.15) is 0 Å². The van der Waals surface area contributed by atoms with Crippen molar-refractivity contribution in [2.75, 3.05) is 0 Å². The first-order chi connectivity index (χ1) is 10.3. The maximum absolute atomic E-state index is 13.7. The first kappa shape index (κ1) is 15.3. The fourth-order valence-corrected chi connectivity index (χ4v) is 3.18. The Morgan fingerprint density at radius 1 is 1.18 bits per heavy atom. The molecule has 0 radical (unpaired) electrons. The summed E-state index contributed by atoms with van der Waals surface area (Å²) in [6.07, 6.45) is 5.97. The van der Waals surface area contributed by atoms with Crippen molar-refractivity contribution in [1.82, 2.24) is 10.6 Å². The number of rotatable bonds is 2. The van der Waals surface area contributed by atoms with Crippen LogP contribution in [0.25, 0.3) is 0 Å². The van der Waals surface area contributed by atoms with Crippen molar-refractivity contribution in [3.8, 4) is 0 Å². The molecule has 3 atom stereocenters. The molecule has 1 fully saturated rings. The van der Waals surface area contributed by atoms with Crippen LogP contribution in [-0.2, 0) is 5.54 Å². The van der Waals surface area contributed by atoms with Gasteiger partial charge >= 0.3 is 0 Å². The van der Waals surface area contributed by atoms with Crippen LogP contribution in [0.15, 0.2) is 42.0 Å². The standard InChI is InChI=1S/C16H18F2N2O2/c1-15(22)19-14(21)16(20-15,10-5-3-2-4-6-10)11-7-12(17)9-13(18)8-11/h3,5-9,14,19-22H,2,4H2,1H3. The highest BCUT2D eigenvalue weighted by Gasteiger charge is 2.53. The molecule has 1 aromatic carbocycles. The third kappa shape index (κ3) is 2.48. The van der Waals surface area contributed by atoms with Crippen LogP contribution in [0, 0.1) is 11.6 Å². The summed E-state index contributed by atoms with van der Waals surface area (Å²) in [6, 6.07) is 3.09. The van der Waals surface area contributed by atoms with Crippen molar-refractivity contribution in [2.45, 2.75) is 37.4 Å². The summed E-state index contributed by atoms with van der Waals surface area (Å²) in [6.45, 7) is 1.43. The highest BCUT2D eigenvalue weighted by atomic mass is 19.1. The topological polar surface area (TPSA) is 64.5 Å². The zero-order valence-corrected chi connectivity index (χ0v) is 12.1. The molecule has 4 N–H and O–H groups in total. The molecule has 1 aromatic rings. The number of allylic oxidation sites excluding steroid dienone is 2. The minimum absolute atomic E-state index is 0.209. The normalized spacial score (nSPS) is 34.8. The van der Waals surface area contributed by atoms with Gasteiger partial charge in [-0.25, -0.2) is 14.1 Å². The van der Waals surface area contributed by atoms with Crippen LogP contribution in [0.3, 0.4) is 0 Å². The summed E-state index contributed by atoms with van der Waals surface area (Å²) in [5.41, 5.74) is -0.467. The summed E-state index contributed by atoms with van der Waals surface area (Å²) >= 11 is 0. The van der Waals surface area contributed by atoms with Gasteiger partial charge in [0.05, 0.1) is 0 Å². The zero-order chi connectivity index (χ0) is 16.0. The van der Waals surface area contributed by atoms with Crippen LogP contribution in [0.5, 0.6) is 0 Å². The van der Waals surface area contributed by atoms with Crippen LogP contribution in [0.4, 0.5) is 8.78 Å². The molecule has 0 bridgehead atoms. The molecule has 0 spiro atoms. The van der Waals surface area contributed by atoms with E-state index >= 15 is 0 Å². The summed E-state index contributed by atoms with van der Waals surface area (Å²) < 4.78 is 27.3.